The van der Waals surface area contributed by atoms with Crippen LogP contribution in [0, 0.1) is 0 Å². The number of hydrogen-bond donors (Lipinski definition) is 2. The molecule has 0 fully saturated rings. The van der Waals surface area contributed by atoms with Crippen LogP contribution in [-0.2, 0) is 14.3 Å². The van der Waals surface area contributed by atoms with Crippen molar-refractivity contribution < 1.29 is 27.8 Å². The summed E-state index contributed by atoms with van der Waals surface area (Å²) in [6, 6.07) is 5.01. The molecule has 2 rings (SSSR count). The average molecular weight is 356 g/mol. The van der Waals surface area contributed by atoms with Crippen LogP contribution in [0.3, 0.4) is 0 Å². The summed E-state index contributed by atoms with van der Waals surface area (Å²) in [5, 5.41) is 5.71. The van der Waals surface area contributed by atoms with E-state index in [9.17, 15) is 18.4 Å². The number of halogens is 2. The van der Waals surface area contributed by atoms with Gasteiger partial charge in [-0.3, -0.25) is 4.79 Å². The Hall–Kier alpha value is -2.55. The van der Waals surface area contributed by atoms with Crippen LogP contribution in [0.1, 0.15) is 18.5 Å². The van der Waals surface area contributed by atoms with Gasteiger partial charge in [0, 0.05) is 11.3 Å². The maximum Gasteiger partial charge on any atom is 0.387 e. The summed E-state index contributed by atoms with van der Waals surface area (Å²) in [5.41, 5.74) is 0.583. The van der Waals surface area contributed by atoms with Gasteiger partial charge in [-0.25, -0.2) is 4.79 Å². The van der Waals surface area contributed by atoms with E-state index in [2.05, 4.69) is 20.1 Å². The summed E-state index contributed by atoms with van der Waals surface area (Å²) in [4.78, 5) is 24.0. The molecule has 1 aromatic rings. The van der Waals surface area contributed by atoms with Crippen molar-refractivity contribution in [3.63, 3.8) is 0 Å². The first-order chi connectivity index (χ1) is 11.3. The third-order valence-corrected chi connectivity index (χ3v) is 3.55. The van der Waals surface area contributed by atoms with E-state index in [0.29, 0.717) is 5.70 Å². The second-order valence-corrected chi connectivity index (χ2v) is 5.22. The third-order valence-electron chi connectivity index (χ3n) is 3.33. The van der Waals surface area contributed by atoms with Gasteiger partial charge in [0.1, 0.15) is 5.75 Å². The van der Waals surface area contributed by atoms with E-state index >= 15 is 0 Å². The van der Waals surface area contributed by atoms with E-state index in [1.165, 1.54) is 18.2 Å². The highest BCUT2D eigenvalue weighted by molar-refractivity contribution is 7.80. The van der Waals surface area contributed by atoms with E-state index in [1.54, 1.807) is 13.0 Å². The van der Waals surface area contributed by atoms with Crippen molar-refractivity contribution in [1.82, 2.24) is 10.6 Å². The van der Waals surface area contributed by atoms with E-state index < -0.39 is 24.4 Å². The number of rotatable bonds is 5. The maximum atomic E-state index is 12.6. The molecule has 0 aliphatic carbocycles. The van der Waals surface area contributed by atoms with E-state index in [0.717, 1.165) is 7.11 Å². The van der Waals surface area contributed by atoms with Gasteiger partial charge in [-0.1, -0.05) is 18.2 Å². The van der Waals surface area contributed by atoms with Gasteiger partial charge >= 0.3 is 12.6 Å². The lowest BCUT2D eigenvalue weighted by molar-refractivity contribution is -0.150. The highest BCUT2D eigenvalue weighted by Crippen LogP contribution is 2.34. The third kappa shape index (κ3) is 3.67. The molecule has 1 aliphatic heterocycles. The van der Waals surface area contributed by atoms with E-state index in [1.807, 2.05) is 0 Å². The van der Waals surface area contributed by atoms with E-state index in [-0.39, 0.29) is 22.0 Å². The fourth-order valence-corrected chi connectivity index (χ4v) is 2.62. The van der Waals surface area contributed by atoms with Crippen molar-refractivity contribution in [2.75, 3.05) is 7.11 Å². The molecule has 0 spiro atoms. The van der Waals surface area contributed by atoms with Crippen LogP contribution < -0.4 is 15.4 Å². The molecular formula is C15H14F2N2O4S. The number of allylic oxidation sites excluding steroid dienone is 1. The quantitative estimate of drug-likeness (QED) is 0.473. The number of alkyl halides is 2. The molecule has 0 saturated carbocycles. The minimum atomic E-state index is -3.04. The standard InChI is InChI=1S/C15H14F2N2O4S/c1-7-10(12(20)13(21)22-2)11(19-15(24)18-7)8-5-3-4-6-9(8)23-14(16)17/h3-6,11,14H,1-2H3,(H2,18,19,24)/t11-/m1/s1. The van der Waals surface area contributed by atoms with Crippen LogP contribution in [0.15, 0.2) is 35.5 Å². The zero-order chi connectivity index (χ0) is 17.9. The molecule has 1 aromatic carbocycles. The summed E-state index contributed by atoms with van der Waals surface area (Å²) in [5.74, 6) is -2.11. The molecular weight excluding hydrogens is 342 g/mol. The number of nitrogens with one attached hydrogen (secondary N) is 2. The number of thiocarbonyl (C=S) groups is 1. The van der Waals surface area contributed by atoms with Crippen molar-refractivity contribution in [1.29, 1.82) is 0 Å². The molecule has 0 amide bonds. The van der Waals surface area contributed by atoms with Crippen LogP contribution in [-0.4, -0.2) is 30.6 Å². The molecule has 1 heterocycles. The number of carbonyl (C=O) groups is 2. The molecule has 0 bridgehead atoms. The Labute approximate surface area is 141 Å². The Kier molecular flexibility index (Phi) is 5.45. The highest BCUT2D eigenvalue weighted by Gasteiger charge is 2.35. The molecule has 1 aliphatic rings. The van der Waals surface area contributed by atoms with Gasteiger partial charge in [0.05, 0.1) is 18.7 Å². The van der Waals surface area contributed by atoms with Gasteiger partial charge in [0.25, 0.3) is 5.78 Å². The van der Waals surface area contributed by atoms with Crippen molar-refractivity contribution in [2.24, 2.45) is 0 Å². The van der Waals surface area contributed by atoms with Gasteiger partial charge in [-0.15, -0.1) is 0 Å². The first kappa shape index (κ1) is 17.8. The molecule has 0 unspecified atom stereocenters. The molecule has 128 valence electrons. The summed E-state index contributed by atoms with van der Waals surface area (Å²) in [6.45, 7) is -1.49. The Morgan fingerprint density at radius 1 is 1.29 bits per heavy atom. The molecule has 9 heteroatoms. The summed E-state index contributed by atoms with van der Waals surface area (Å²) in [6.07, 6.45) is 0. The Balaban J connectivity index is 2.54. The number of ketones is 1. The summed E-state index contributed by atoms with van der Waals surface area (Å²) in [7, 11) is 1.08. The van der Waals surface area contributed by atoms with Crippen molar-refractivity contribution in [2.45, 2.75) is 19.6 Å². The fourth-order valence-electron chi connectivity index (χ4n) is 2.35. The van der Waals surface area contributed by atoms with E-state index in [4.69, 9.17) is 12.2 Å². The minimum Gasteiger partial charge on any atom is -0.463 e. The van der Waals surface area contributed by atoms with Crippen LogP contribution in [0.2, 0.25) is 0 Å². The predicted octanol–water partition coefficient (Wildman–Crippen LogP) is 1.82. The molecule has 0 radical (unpaired) electrons. The molecule has 1 atom stereocenters. The van der Waals surface area contributed by atoms with Gasteiger partial charge in [0.2, 0.25) is 0 Å². The second kappa shape index (κ2) is 7.35. The normalized spacial score (nSPS) is 17.2. The molecule has 0 saturated heterocycles. The minimum absolute atomic E-state index is 0.0146. The fraction of sp³-hybridized carbons (Fsp3) is 0.267. The number of Topliss-reactive ketones (excluding diaryl/α,β-unsaturated/α-hetero) is 1. The lowest BCUT2D eigenvalue weighted by Gasteiger charge is -2.30. The SMILES string of the molecule is COC(=O)C(=O)C1=C(C)NC(=S)N[C@@H]1c1ccccc1OC(F)F. The largest absolute Gasteiger partial charge is 0.463 e. The lowest BCUT2D eigenvalue weighted by atomic mass is 9.92. The Morgan fingerprint density at radius 3 is 2.58 bits per heavy atom. The predicted molar refractivity (Wildman–Crippen MR) is 84.4 cm³/mol. The number of methoxy groups -OCH3 is 1. The Bertz CT molecular complexity index is 721. The van der Waals surface area contributed by atoms with Crippen LogP contribution >= 0.6 is 12.2 Å². The number of ether oxygens (including phenoxy) is 2. The van der Waals surface area contributed by atoms with Crippen molar-refractivity contribution in [3.8, 4) is 5.75 Å². The molecule has 2 N–H and O–H groups in total. The smallest absolute Gasteiger partial charge is 0.387 e. The first-order valence-electron chi connectivity index (χ1n) is 6.79. The maximum absolute atomic E-state index is 12.6. The summed E-state index contributed by atoms with van der Waals surface area (Å²) >= 11 is 5.05. The average Bonchev–Trinajstić information content (AvgIpc) is 2.52. The van der Waals surface area contributed by atoms with Crippen molar-refractivity contribution in [3.05, 3.63) is 41.1 Å². The number of esters is 1. The van der Waals surface area contributed by atoms with Crippen LogP contribution in [0.25, 0.3) is 0 Å². The van der Waals surface area contributed by atoms with Crippen LogP contribution in [0.4, 0.5) is 8.78 Å². The molecule has 0 aromatic heterocycles. The number of para-hydroxylation sites is 1. The van der Waals surface area contributed by atoms with Gasteiger partial charge in [-0.2, -0.15) is 8.78 Å². The second-order valence-electron chi connectivity index (χ2n) is 4.81. The monoisotopic (exact) mass is 356 g/mol. The molecule has 6 nitrogen and oxygen atoms in total. The van der Waals surface area contributed by atoms with Gasteiger partial charge < -0.3 is 20.1 Å². The zero-order valence-corrected chi connectivity index (χ0v) is 13.6. The van der Waals surface area contributed by atoms with Crippen LogP contribution in [0.5, 0.6) is 5.75 Å². The zero-order valence-electron chi connectivity index (χ0n) is 12.8. The number of hydrogen-bond acceptors (Lipinski definition) is 5. The highest BCUT2D eigenvalue weighted by atomic mass is 32.1. The van der Waals surface area contributed by atoms with Crippen molar-refractivity contribution >= 4 is 29.1 Å². The first-order valence-corrected chi connectivity index (χ1v) is 7.20. The Morgan fingerprint density at radius 2 is 1.96 bits per heavy atom. The molecule has 24 heavy (non-hydrogen) atoms. The van der Waals surface area contributed by atoms with Gasteiger partial charge in [0.15, 0.2) is 5.11 Å². The lowest BCUT2D eigenvalue weighted by Crippen LogP contribution is -2.46. The summed E-state index contributed by atoms with van der Waals surface area (Å²) < 4.78 is 34.2. The van der Waals surface area contributed by atoms with Gasteiger partial charge in [-0.05, 0) is 25.2 Å². The number of carbonyl (C=O) groups excluding carboxylic acids is 2. The number of benzene rings is 1. The topological polar surface area (TPSA) is 76.7 Å².